The molecule has 332 valence electrons. The SMILES string of the molecule is CCCCCCCCCCCCCCCCC(CCCCCCCCCCCCCCCC)C(=O)Oc1ccc(CC(=O)OCCSSCCN(CC)CC)cc1. The Kier molecular flexibility index (Phi) is 39.2. The van der Waals surface area contributed by atoms with Crippen LogP contribution in [-0.4, -0.2) is 54.6 Å². The number of unbranched alkanes of at least 4 members (excludes halogenated alkanes) is 26. The van der Waals surface area contributed by atoms with E-state index in [2.05, 4.69) is 32.6 Å². The van der Waals surface area contributed by atoms with Crippen molar-refractivity contribution in [1.82, 2.24) is 4.90 Å². The molecule has 0 saturated heterocycles. The zero-order valence-electron chi connectivity index (χ0n) is 37.9. The highest BCUT2D eigenvalue weighted by atomic mass is 33.1. The van der Waals surface area contributed by atoms with Crippen LogP contribution in [0.1, 0.15) is 226 Å². The van der Waals surface area contributed by atoms with Gasteiger partial charge in [-0.1, -0.05) is 241 Å². The highest BCUT2D eigenvalue weighted by molar-refractivity contribution is 8.76. The molecule has 0 spiro atoms. The summed E-state index contributed by atoms with van der Waals surface area (Å²) in [6.07, 6.45) is 39.7. The monoisotopic (exact) mass is 834 g/mol. The van der Waals surface area contributed by atoms with E-state index in [0.717, 1.165) is 62.4 Å². The van der Waals surface area contributed by atoms with Gasteiger partial charge in [-0.2, -0.15) is 0 Å². The molecule has 0 aliphatic rings. The highest BCUT2D eigenvalue weighted by Crippen LogP contribution is 2.24. The summed E-state index contributed by atoms with van der Waals surface area (Å²) in [5, 5.41) is 0. The van der Waals surface area contributed by atoms with Crippen LogP contribution in [0.15, 0.2) is 24.3 Å². The molecular formula is C50H91NO4S2. The van der Waals surface area contributed by atoms with Gasteiger partial charge >= 0.3 is 11.9 Å². The summed E-state index contributed by atoms with van der Waals surface area (Å²) in [5.41, 5.74) is 0.877. The third kappa shape index (κ3) is 34.3. The smallest absolute Gasteiger partial charge is 0.314 e. The first-order valence-electron chi connectivity index (χ1n) is 24.5. The molecule has 0 amide bonds. The average molecular weight is 834 g/mol. The minimum absolute atomic E-state index is 0.0393. The number of esters is 2. The zero-order valence-corrected chi connectivity index (χ0v) is 39.6. The lowest BCUT2D eigenvalue weighted by atomic mass is 9.94. The van der Waals surface area contributed by atoms with Crippen molar-refractivity contribution >= 4 is 33.5 Å². The number of rotatable bonds is 43. The summed E-state index contributed by atoms with van der Waals surface area (Å²) in [6.45, 7) is 12.7. The highest BCUT2D eigenvalue weighted by Gasteiger charge is 2.20. The molecule has 1 rings (SSSR count). The molecule has 57 heavy (non-hydrogen) atoms. The van der Waals surface area contributed by atoms with Crippen molar-refractivity contribution in [3.63, 3.8) is 0 Å². The Morgan fingerprint density at radius 1 is 0.526 bits per heavy atom. The van der Waals surface area contributed by atoms with Gasteiger partial charge in [-0.15, -0.1) is 0 Å². The molecule has 7 heteroatoms. The second-order valence-corrected chi connectivity index (χ2v) is 19.3. The first-order valence-corrected chi connectivity index (χ1v) is 27.0. The fraction of sp³-hybridized carbons (Fsp3) is 0.840. The number of carbonyl (C=O) groups is 2. The van der Waals surface area contributed by atoms with Crippen LogP contribution in [0.3, 0.4) is 0 Å². The molecule has 0 N–H and O–H groups in total. The van der Waals surface area contributed by atoms with Gasteiger partial charge in [0.25, 0.3) is 0 Å². The Labute approximate surface area is 361 Å². The molecule has 0 aliphatic carbocycles. The summed E-state index contributed by atoms with van der Waals surface area (Å²) in [6, 6.07) is 7.44. The van der Waals surface area contributed by atoms with Crippen LogP contribution in [0.5, 0.6) is 5.75 Å². The van der Waals surface area contributed by atoms with E-state index >= 15 is 0 Å². The van der Waals surface area contributed by atoms with Crippen molar-refractivity contribution in [3.8, 4) is 5.75 Å². The minimum Gasteiger partial charge on any atom is -0.465 e. The molecule has 0 radical (unpaired) electrons. The second-order valence-electron chi connectivity index (χ2n) is 16.6. The molecule has 1 aromatic rings. The Hall–Kier alpha value is -1.18. The summed E-state index contributed by atoms with van der Waals surface area (Å²) >= 11 is 0. The van der Waals surface area contributed by atoms with Gasteiger partial charge in [-0.3, -0.25) is 9.59 Å². The van der Waals surface area contributed by atoms with Crippen LogP contribution >= 0.6 is 21.6 Å². The summed E-state index contributed by atoms with van der Waals surface area (Å²) in [4.78, 5) is 28.3. The maximum absolute atomic E-state index is 13.5. The molecule has 0 atom stereocenters. The van der Waals surface area contributed by atoms with E-state index in [1.54, 1.807) is 10.8 Å². The van der Waals surface area contributed by atoms with Gasteiger partial charge in [-0.25, -0.2) is 0 Å². The van der Waals surface area contributed by atoms with E-state index in [-0.39, 0.29) is 24.3 Å². The predicted molar refractivity (Wildman–Crippen MR) is 253 cm³/mol. The first-order chi connectivity index (χ1) is 28.0. The molecule has 0 unspecified atom stereocenters. The fourth-order valence-corrected chi connectivity index (χ4v) is 9.51. The molecule has 0 saturated carbocycles. The minimum atomic E-state index is -0.213. The van der Waals surface area contributed by atoms with Crippen LogP contribution in [0.4, 0.5) is 0 Å². The van der Waals surface area contributed by atoms with Gasteiger partial charge in [0.05, 0.1) is 12.3 Å². The van der Waals surface area contributed by atoms with E-state index in [1.807, 2.05) is 35.1 Å². The van der Waals surface area contributed by atoms with Gasteiger partial charge in [0.15, 0.2) is 0 Å². The zero-order chi connectivity index (χ0) is 41.3. The van der Waals surface area contributed by atoms with Crippen molar-refractivity contribution in [1.29, 1.82) is 0 Å². The quantitative estimate of drug-likeness (QED) is 0.0281. The number of nitrogens with zero attached hydrogens (tertiary/aromatic N) is 1. The number of benzene rings is 1. The summed E-state index contributed by atoms with van der Waals surface area (Å²) < 4.78 is 11.4. The first kappa shape index (κ1) is 53.8. The Morgan fingerprint density at radius 2 is 0.912 bits per heavy atom. The molecule has 0 fully saturated rings. The standard InChI is InChI=1S/C50H91NO4S2/c1-5-9-11-13-15-17-19-21-23-25-27-29-31-33-35-47(36-34-32-30-28-26-24-22-20-18-16-14-12-10-6-2)50(53)55-48-39-37-46(38-40-48)45-49(52)54-42-44-57-56-43-41-51(7-3)8-4/h37-40,47H,5-36,41-45H2,1-4H3. The number of hydrogen-bond acceptors (Lipinski definition) is 7. The Morgan fingerprint density at radius 3 is 1.32 bits per heavy atom. The number of carbonyl (C=O) groups excluding carboxylic acids is 2. The van der Waals surface area contributed by atoms with E-state index < -0.39 is 0 Å². The Bertz CT molecular complexity index is 986. The van der Waals surface area contributed by atoms with Crippen molar-refractivity contribution in [2.75, 3.05) is 37.7 Å². The predicted octanol–water partition coefficient (Wildman–Crippen LogP) is 15.8. The van der Waals surface area contributed by atoms with Gasteiger partial charge in [-0.05, 0) is 43.6 Å². The summed E-state index contributed by atoms with van der Waals surface area (Å²) in [5.74, 6) is 2.11. The van der Waals surface area contributed by atoms with Crippen molar-refractivity contribution < 1.29 is 19.1 Å². The summed E-state index contributed by atoms with van der Waals surface area (Å²) in [7, 11) is 3.61. The van der Waals surface area contributed by atoms with Crippen LogP contribution in [-0.2, 0) is 20.7 Å². The molecular weight excluding hydrogens is 743 g/mol. The van der Waals surface area contributed by atoms with E-state index in [9.17, 15) is 9.59 Å². The largest absolute Gasteiger partial charge is 0.465 e. The number of hydrogen-bond donors (Lipinski definition) is 0. The molecule has 1 aromatic carbocycles. The normalized spacial score (nSPS) is 11.5. The van der Waals surface area contributed by atoms with Crippen LogP contribution in [0.25, 0.3) is 0 Å². The molecule has 5 nitrogen and oxygen atoms in total. The van der Waals surface area contributed by atoms with Gasteiger partial charge in [0.2, 0.25) is 0 Å². The van der Waals surface area contributed by atoms with Crippen LogP contribution < -0.4 is 4.74 Å². The lowest BCUT2D eigenvalue weighted by molar-refractivity contribution is -0.142. The average Bonchev–Trinajstić information content (AvgIpc) is 3.22. The van der Waals surface area contributed by atoms with Crippen molar-refractivity contribution in [2.24, 2.45) is 5.92 Å². The fourth-order valence-electron chi connectivity index (χ4n) is 7.66. The third-order valence-corrected chi connectivity index (χ3v) is 13.9. The molecule has 0 heterocycles. The molecule has 0 aromatic heterocycles. The maximum Gasteiger partial charge on any atom is 0.314 e. The van der Waals surface area contributed by atoms with E-state index in [0.29, 0.717) is 12.4 Å². The second kappa shape index (κ2) is 41.5. The van der Waals surface area contributed by atoms with Crippen molar-refractivity contribution in [2.45, 2.75) is 227 Å². The van der Waals surface area contributed by atoms with Gasteiger partial charge < -0.3 is 14.4 Å². The Balaban J connectivity index is 2.39. The van der Waals surface area contributed by atoms with Crippen LogP contribution in [0.2, 0.25) is 0 Å². The van der Waals surface area contributed by atoms with E-state index in [4.69, 9.17) is 9.47 Å². The van der Waals surface area contributed by atoms with E-state index in [1.165, 1.54) is 167 Å². The van der Waals surface area contributed by atoms with Crippen LogP contribution in [0, 0.1) is 5.92 Å². The van der Waals surface area contributed by atoms with Gasteiger partial charge in [0.1, 0.15) is 12.4 Å². The van der Waals surface area contributed by atoms with Crippen molar-refractivity contribution in [3.05, 3.63) is 29.8 Å². The molecule has 0 aliphatic heterocycles. The lowest BCUT2D eigenvalue weighted by Gasteiger charge is -2.16. The van der Waals surface area contributed by atoms with Gasteiger partial charge in [0, 0.05) is 18.1 Å². The molecule has 0 bridgehead atoms. The maximum atomic E-state index is 13.5. The third-order valence-electron chi connectivity index (χ3n) is 11.5. The lowest BCUT2D eigenvalue weighted by Crippen LogP contribution is -2.25. The topological polar surface area (TPSA) is 55.8 Å². The number of ether oxygens (including phenoxy) is 2.